The van der Waals surface area contributed by atoms with Gasteiger partial charge in [-0.1, -0.05) is 0 Å². The Labute approximate surface area is 110 Å². The average Bonchev–Trinajstić information content (AvgIpc) is 2.42. The minimum atomic E-state index is -0.338. The van der Waals surface area contributed by atoms with Crippen LogP contribution in [0.1, 0.15) is 17.3 Å². The first-order valence-electron chi connectivity index (χ1n) is 5.95. The lowest BCUT2D eigenvalue weighted by Crippen LogP contribution is -2.15. The van der Waals surface area contributed by atoms with Crippen molar-refractivity contribution in [2.75, 3.05) is 17.2 Å². The third-order valence-corrected chi connectivity index (χ3v) is 2.54. The third-order valence-electron chi connectivity index (χ3n) is 2.54. The highest BCUT2D eigenvalue weighted by molar-refractivity contribution is 6.07. The van der Waals surface area contributed by atoms with E-state index in [0.29, 0.717) is 23.5 Å². The van der Waals surface area contributed by atoms with E-state index in [4.69, 9.17) is 0 Å². The van der Waals surface area contributed by atoms with Crippen LogP contribution >= 0.6 is 0 Å². The number of nitrogens with one attached hydrogen (secondary N) is 2. The predicted molar refractivity (Wildman–Crippen MR) is 72.8 cm³/mol. The smallest absolute Gasteiger partial charge is 0.257 e. The summed E-state index contributed by atoms with van der Waals surface area (Å²) in [6.45, 7) is 2.64. The van der Waals surface area contributed by atoms with Crippen molar-refractivity contribution in [1.82, 2.24) is 4.98 Å². The van der Waals surface area contributed by atoms with Gasteiger partial charge in [0, 0.05) is 18.4 Å². The first kappa shape index (κ1) is 13.0. The lowest BCUT2D eigenvalue weighted by Gasteiger charge is -2.10. The second kappa shape index (κ2) is 5.95. The molecule has 4 nitrogen and oxygen atoms in total. The van der Waals surface area contributed by atoms with Gasteiger partial charge in [-0.15, -0.1) is 0 Å². The number of amides is 1. The van der Waals surface area contributed by atoms with Crippen molar-refractivity contribution < 1.29 is 9.18 Å². The van der Waals surface area contributed by atoms with Crippen molar-refractivity contribution in [2.45, 2.75) is 6.92 Å². The lowest BCUT2D eigenvalue weighted by atomic mass is 10.2. The molecule has 0 fully saturated rings. The number of carbonyl (C=O) groups is 1. The largest absolute Gasteiger partial charge is 0.383 e. The Hall–Kier alpha value is -2.43. The van der Waals surface area contributed by atoms with Gasteiger partial charge in [-0.3, -0.25) is 9.78 Å². The Morgan fingerprint density at radius 3 is 2.68 bits per heavy atom. The van der Waals surface area contributed by atoms with E-state index in [9.17, 15) is 9.18 Å². The zero-order valence-corrected chi connectivity index (χ0v) is 10.5. The summed E-state index contributed by atoms with van der Waals surface area (Å²) in [5, 5.41) is 5.78. The summed E-state index contributed by atoms with van der Waals surface area (Å²) in [4.78, 5) is 16.1. The first-order chi connectivity index (χ1) is 9.20. The highest BCUT2D eigenvalue weighted by Crippen LogP contribution is 2.16. The molecule has 1 heterocycles. The van der Waals surface area contributed by atoms with E-state index < -0.39 is 0 Å². The fourth-order valence-corrected chi connectivity index (χ4v) is 1.66. The number of aromatic nitrogens is 1. The van der Waals surface area contributed by atoms with Crippen molar-refractivity contribution in [1.29, 1.82) is 0 Å². The van der Waals surface area contributed by atoms with Gasteiger partial charge in [0.15, 0.2) is 0 Å². The molecule has 2 rings (SSSR count). The Bertz CT molecular complexity index is 569. The van der Waals surface area contributed by atoms with Gasteiger partial charge in [-0.25, -0.2) is 4.39 Å². The third kappa shape index (κ3) is 3.28. The molecule has 1 aromatic carbocycles. The summed E-state index contributed by atoms with van der Waals surface area (Å²) < 4.78 is 12.8. The number of hydrogen-bond donors (Lipinski definition) is 2. The molecule has 19 heavy (non-hydrogen) atoms. The van der Waals surface area contributed by atoms with Gasteiger partial charge in [0.1, 0.15) is 5.82 Å². The summed E-state index contributed by atoms with van der Waals surface area (Å²) in [7, 11) is 0. The standard InChI is InChI=1S/C14H14FN3O/c1-2-17-13-9-16-8-7-12(13)14(19)18-11-5-3-10(15)4-6-11/h3-9,17H,2H2,1H3,(H,18,19). The van der Waals surface area contributed by atoms with Crippen LogP contribution in [-0.4, -0.2) is 17.4 Å². The fourth-order valence-electron chi connectivity index (χ4n) is 1.66. The fraction of sp³-hybridized carbons (Fsp3) is 0.143. The molecule has 0 spiro atoms. The molecule has 0 bridgehead atoms. The highest BCUT2D eigenvalue weighted by atomic mass is 19.1. The van der Waals surface area contributed by atoms with Gasteiger partial charge < -0.3 is 10.6 Å². The molecule has 1 amide bonds. The molecular formula is C14H14FN3O. The number of halogens is 1. The monoisotopic (exact) mass is 259 g/mol. The minimum absolute atomic E-state index is 0.259. The van der Waals surface area contributed by atoms with E-state index in [0.717, 1.165) is 0 Å². The van der Waals surface area contributed by atoms with Crippen LogP contribution in [0.5, 0.6) is 0 Å². The number of hydrogen-bond acceptors (Lipinski definition) is 3. The van der Waals surface area contributed by atoms with Crippen LogP contribution in [0.25, 0.3) is 0 Å². The van der Waals surface area contributed by atoms with Crippen LogP contribution in [-0.2, 0) is 0 Å². The molecule has 98 valence electrons. The molecule has 0 aliphatic heterocycles. The summed E-state index contributed by atoms with van der Waals surface area (Å²) in [6.07, 6.45) is 3.16. The van der Waals surface area contributed by atoms with Crippen LogP contribution in [0.2, 0.25) is 0 Å². The molecule has 2 aromatic rings. The van der Waals surface area contributed by atoms with Crippen LogP contribution < -0.4 is 10.6 Å². The molecular weight excluding hydrogens is 245 g/mol. The predicted octanol–water partition coefficient (Wildman–Crippen LogP) is 2.90. The molecule has 0 unspecified atom stereocenters. The minimum Gasteiger partial charge on any atom is -0.383 e. The molecule has 2 N–H and O–H groups in total. The van der Waals surface area contributed by atoms with E-state index in [2.05, 4.69) is 15.6 Å². The Morgan fingerprint density at radius 1 is 1.26 bits per heavy atom. The summed E-state index contributed by atoms with van der Waals surface area (Å²) >= 11 is 0. The van der Waals surface area contributed by atoms with Crippen molar-refractivity contribution in [3.63, 3.8) is 0 Å². The summed E-state index contributed by atoms with van der Waals surface area (Å²) in [5.74, 6) is -0.597. The zero-order valence-electron chi connectivity index (χ0n) is 10.5. The number of carbonyl (C=O) groups excluding carboxylic acids is 1. The van der Waals surface area contributed by atoms with Crippen LogP contribution in [0, 0.1) is 5.82 Å². The maximum Gasteiger partial charge on any atom is 0.257 e. The average molecular weight is 259 g/mol. The molecule has 0 atom stereocenters. The number of anilines is 2. The molecule has 0 radical (unpaired) electrons. The topological polar surface area (TPSA) is 54.0 Å². The van der Waals surface area contributed by atoms with Gasteiger partial charge in [-0.2, -0.15) is 0 Å². The number of benzene rings is 1. The molecule has 0 saturated carbocycles. The maximum absolute atomic E-state index is 12.8. The highest BCUT2D eigenvalue weighted by Gasteiger charge is 2.11. The van der Waals surface area contributed by atoms with Crippen molar-refractivity contribution >= 4 is 17.3 Å². The second-order valence-electron chi connectivity index (χ2n) is 3.91. The van der Waals surface area contributed by atoms with E-state index >= 15 is 0 Å². The maximum atomic E-state index is 12.8. The first-order valence-corrected chi connectivity index (χ1v) is 5.95. The van der Waals surface area contributed by atoms with E-state index in [-0.39, 0.29) is 11.7 Å². The van der Waals surface area contributed by atoms with Gasteiger partial charge in [-0.05, 0) is 37.3 Å². The van der Waals surface area contributed by atoms with Gasteiger partial charge in [0.2, 0.25) is 0 Å². The summed E-state index contributed by atoms with van der Waals surface area (Å²) in [6, 6.07) is 7.26. The van der Waals surface area contributed by atoms with Crippen LogP contribution in [0.15, 0.2) is 42.7 Å². The Balaban J connectivity index is 2.18. The molecule has 0 aliphatic carbocycles. The Morgan fingerprint density at radius 2 is 2.00 bits per heavy atom. The quantitative estimate of drug-likeness (QED) is 0.887. The molecule has 5 heteroatoms. The van der Waals surface area contributed by atoms with Crippen LogP contribution in [0.3, 0.4) is 0 Å². The lowest BCUT2D eigenvalue weighted by molar-refractivity contribution is 0.102. The van der Waals surface area contributed by atoms with E-state index in [1.54, 1.807) is 18.5 Å². The molecule has 1 aromatic heterocycles. The normalized spacial score (nSPS) is 10.0. The number of pyridine rings is 1. The van der Waals surface area contributed by atoms with Crippen molar-refractivity contribution in [3.8, 4) is 0 Å². The number of rotatable bonds is 4. The molecule has 0 aliphatic rings. The van der Waals surface area contributed by atoms with Crippen LogP contribution in [0.4, 0.5) is 15.8 Å². The second-order valence-corrected chi connectivity index (χ2v) is 3.91. The molecule has 0 saturated heterocycles. The van der Waals surface area contributed by atoms with Gasteiger partial charge in [0.05, 0.1) is 17.4 Å². The summed E-state index contributed by atoms with van der Waals surface area (Å²) in [5.41, 5.74) is 1.72. The zero-order chi connectivity index (χ0) is 13.7. The van der Waals surface area contributed by atoms with Crippen molar-refractivity contribution in [3.05, 3.63) is 54.1 Å². The van der Waals surface area contributed by atoms with E-state index in [1.165, 1.54) is 24.3 Å². The van der Waals surface area contributed by atoms with Gasteiger partial charge in [0.25, 0.3) is 5.91 Å². The van der Waals surface area contributed by atoms with Crippen molar-refractivity contribution in [2.24, 2.45) is 0 Å². The SMILES string of the molecule is CCNc1cnccc1C(=O)Nc1ccc(F)cc1. The number of nitrogens with zero attached hydrogens (tertiary/aromatic N) is 1. The van der Waals surface area contributed by atoms with Gasteiger partial charge >= 0.3 is 0 Å². The Kier molecular flexibility index (Phi) is 4.07. The van der Waals surface area contributed by atoms with E-state index in [1.807, 2.05) is 6.92 Å².